The van der Waals surface area contributed by atoms with Gasteiger partial charge >= 0.3 is 0 Å². The first-order valence-corrected chi connectivity index (χ1v) is 6.51. The van der Waals surface area contributed by atoms with Gasteiger partial charge in [0.05, 0.1) is 16.6 Å². The fourth-order valence-corrected chi connectivity index (χ4v) is 2.76. The van der Waals surface area contributed by atoms with Crippen molar-refractivity contribution in [2.45, 2.75) is 0 Å². The highest BCUT2D eigenvalue weighted by atomic mass is 16.5. The van der Waals surface area contributed by atoms with Crippen LogP contribution >= 0.6 is 0 Å². The summed E-state index contributed by atoms with van der Waals surface area (Å²) in [6.07, 6.45) is 6.96. The number of fused-ring (bicyclic) bond motifs is 3. The number of rotatable bonds is 2. The smallest absolute Gasteiger partial charge is 0.255 e. The minimum atomic E-state index is -0.0622. The van der Waals surface area contributed by atoms with Crippen molar-refractivity contribution >= 4 is 27.3 Å². The van der Waals surface area contributed by atoms with Crippen molar-refractivity contribution in [3.05, 3.63) is 52.9 Å². The van der Waals surface area contributed by atoms with Gasteiger partial charge in [-0.15, -0.1) is 6.42 Å². The van der Waals surface area contributed by atoms with Crippen molar-refractivity contribution in [2.75, 3.05) is 6.61 Å². The lowest BCUT2D eigenvalue weighted by atomic mass is 10.1. The normalized spacial score (nSPS) is 11.2. The highest BCUT2D eigenvalue weighted by Crippen LogP contribution is 2.31. The molecule has 4 heteroatoms. The van der Waals surface area contributed by atoms with Crippen LogP contribution < -0.4 is 10.3 Å². The monoisotopic (exact) mass is 274 g/mol. The molecule has 21 heavy (non-hydrogen) atoms. The van der Waals surface area contributed by atoms with Gasteiger partial charge in [0.2, 0.25) is 0 Å². The molecule has 0 fully saturated rings. The fraction of sp³-hybridized carbons (Fsp3) is 0.0588. The third-order valence-electron chi connectivity index (χ3n) is 3.60. The Bertz CT molecular complexity index is 1070. The average molecular weight is 274 g/mol. The molecule has 4 nitrogen and oxygen atoms in total. The summed E-state index contributed by atoms with van der Waals surface area (Å²) in [5, 5.41) is 1.94. The number of benzene rings is 1. The van der Waals surface area contributed by atoms with Gasteiger partial charge in [0.15, 0.2) is 0 Å². The van der Waals surface area contributed by atoms with Crippen LogP contribution in [0.3, 0.4) is 0 Å². The number of hydrogen-bond donors (Lipinski definition) is 0. The molecular formula is C17H10N2O2. The van der Waals surface area contributed by atoms with E-state index in [-0.39, 0.29) is 12.2 Å². The largest absolute Gasteiger partial charge is 0.481 e. The molecule has 0 atom stereocenters. The lowest BCUT2D eigenvalue weighted by Crippen LogP contribution is -2.10. The topological polar surface area (TPSA) is 43.6 Å². The third-order valence-corrected chi connectivity index (χ3v) is 3.60. The Kier molecular flexibility index (Phi) is 2.36. The van der Waals surface area contributed by atoms with E-state index in [4.69, 9.17) is 11.2 Å². The minimum absolute atomic E-state index is 0.0622. The van der Waals surface area contributed by atoms with Crippen LogP contribution in [-0.2, 0) is 0 Å². The van der Waals surface area contributed by atoms with Gasteiger partial charge in [-0.1, -0.05) is 5.92 Å². The Hall–Kier alpha value is -3.06. The van der Waals surface area contributed by atoms with Crippen molar-refractivity contribution < 1.29 is 4.74 Å². The summed E-state index contributed by atoms with van der Waals surface area (Å²) in [6.45, 7) is 0.220. The summed E-state index contributed by atoms with van der Waals surface area (Å²) >= 11 is 0. The first-order chi connectivity index (χ1) is 10.3. The van der Waals surface area contributed by atoms with Crippen LogP contribution in [-0.4, -0.2) is 16.0 Å². The maximum atomic E-state index is 12.2. The molecule has 0 aliphatic heterocycles. The zero-order valence-corrected chi connectivity index (χ0v) is 11.0. The maximum Gasteiger partial charge on any atom is 0.255 e. The van der Waals surface area contributed by atoms with Gasteiger partial charge in [0.25, 0.3) is 5.56 Å². The lowest BCUT2D eigenvalue weighted by Gasteiger charge is -2.02. The summed E-state index contributed by atoms with van der Waals surface area (Å²) in [7, 11) is 0. The van der Waals surface area contributed by atoms with Crippen LogP contribution in [0.4, 0.5) is 0 Å². The molecule has 0 spiro atoms. The van der Waals surface area contributed by atoms with Gasteiger partial charge < -0.3 is 4.74 Å². The molecule has 0 bridgehead atoms. The van der Waals surface area contributed by atoms with Crippen molar-refractivity contribution in [2.24, 2.45) is 0 Å². The number of pyridine rings is 2. The van der Waals surface area contributed by atoms with Crippen LogP contribution in [0.2, 0.25) is 0 Å². The average Bonchev–Trinajstić information content (AvgIpc) is 2.85. The SMILES string of the molecule is C#CCOc1ccc2c(c1)c1ccnc3ccc(=O)n2c31. The Morgan fingerprint density at radius 1 is 1.19 bits per heavy atom. The van der Waals surface area contributed by atoms with Gasteiger partial charge in [0, 0.05) is 23.0 Å². The standard InChI is InChI=1S/C17H10N2O2/c1-2-9-21-11-3-5-15-13(10-11)12-7-8-18-14-4-6-16(20)19(15)17(12)14/h1,3-8,10H,9H2. The van der Waals surface area contributed by atoms with Crippen LogP contribution in [0.1, 0.15) is 0 Å². The summed E-state index contributed by atoms with van der Waals surface area (Å²) in [6, 6.07) is 10.8. The van der Waals surface area contributed by atoms with Crippen molar-refractivity contribution in [1.82, 2.24) is 9.38 Å². The van der Waals surface area contributed by atoms with Gasteiger partial charge in [-0.05, 0) is 30.3 Å². The zero-order chi connectivity index (χ0) is 14.4. The van der Waals surface area contributed by atoms with Gasteiger partial charge in [0.1, 0.15) is 12.4 Å². The molecular weight excluding hydrogens is 264 g/mol. The molecule has 1 aromatic carbocycles. The molecule has 0 saturated heterocycles. The Labute approximate surface area is 119 Å². The van der Waals surface area contributed by atoms with Crippen molar-refractivity contribution in [1.29, 1.82) is 0 Å². The molecule has 3 heterocycles. The first-order valence-electron chi connectivity index (χ1n) is 6.51. The first kappa shape index (κ1) is 11.7. The summed E-state index contributed by atoms with van der Waals surface area (Å²) < 4.78 is 7.16. The van der Waals surface area contributed by atoms with E-state index in [2.05, 4.69) is 10.9 Å². The Balaban J connectivity index is 2.17. The summed E-state index contributed by atoms with van der Waals surface area (Å²) in [5.74, 6) is 3.13. The molecule has 0 radical (unpaired) electrons. The molecule has 0 aliphatic carbocycles. The van der Waals surface area contributed by atoms with Gasteiger partial charge in [-0.25, -0.2) is 0 Å². The predicted octanol–water partition coefficient (Wildman–Crippen LogP) is 2.45. The number of terminal acetylenes is 1. The van der Waals surface area contributed by atoms with Gasteiger partial charge in [-0.2, -0.15) is 0 Å². The minimum Gasteiger partial charge on any atom is -0.481 e. The predicted molar refractivity (Wildman–Crippen MR) is 82.0 cm³/mol. The number of ether oxygens (including phenoxy) is 1. The third kappa shape index (κ3) is 1.58. The number of nitrogens with zero attached hydrogens (tertiary/aromatic N) is 2. The van der Waals surface area contributed by atoms with E-state index in [0.29, 0.717) is 5.75 Å². The van der Waals surface area contributed by atoms with E-state index < -0.39 is 0 Å². The van der Waals surface area contributed by atoms with E-state index in [1.807, 2.05) is 24.3 Å². The second-order valence-electron chi connectivity index (χ2n) is 4.77. The van der Waals surface area contributed by atoms with E-state index >= 15 is 0 Å². The van der Waals surface area contributed by atoms with Crippen LogP contribution in [0.5, 0.6) is 5.75 Å². The Morgan fingerprint density at radius 3 is 2.95 bits per heavy atom. The summed E-state index contributed by atoms with van der Waals surface area (Å²) in [4.78, 5) is 16.5. The van der Waals surface area contributed by atoms with E-state index in [0.717, 1.165) is 27.3 Å². The van der Waals surface area contributed by atoms with E-state index in [9.17, 15) is 4.79 Å². The molecule has 0 N–H and O–H groups in total. The fourth-order valence-electron chi connectivity index (χ4n) is 2.76. The molecule has 4 rings (SSSR count). The molecule has 0 aliphatic rings. The lowest BCUT2D eigenvalue weighted by molar-refractivity contribution is 0.371. The molecule has 0 amide bonds. The quantitative estimate of drug-likeness (QED) is 0.527. The second-order valence-corrected chi connectivity index (χ2v) is 4.77. The number of hydrogen-bond acceptors (Lipinski definition) is 3. The molecule has 100 valence electrons. The van der Waals surface area contributed by atoms with Crippen LogP contribution in [0, 0.1) is 12.3 Å². The zero-order valence-electron chi connectivity index (χ0n) is 11.0. The molecule has 0 saturated carbocycles. The van der Waals surface area contributed by atoms with E-state index in [1.54, 1.807) is 16.7 Å². The van der Waals surface area contributed by atoms with Gasteiger partial charge in [-0.3, -0.25) is 14.2 Å². The Morgan fingerprint density at radius 2 is 2.10 bits per heavy atom. The molecule has 0 unspecified atom stereocenters. The maximum absolute atomic E-state index is 12.2. The number of aromatic nitrogens is 2. The summed E-state index contributed by atoms with van der Waals surface area (Å²) in [5.41, 5.74) is 2.43. The highest BCUT2D eigenvalue weighted by Gasteiger charge is 2.13. The van der Waals surface area contributed by atoms with Crippen LogP contribution in [0.15, 0.2) is 47.4 Å². The van der Waals surface area contributed by atoms with E-state index in [1.165, 1.54) is 6.07 Å². The second kappa shape index (κ2) is 4.22. The molecule has 3 aromatic heterocycles. The van der Waals surface area contributed by atoms with Crippen molar-refractivity contribution in [3.8, 4) is 18.1 Å². The molecule has 4 aromatic rings. The van der Waals surface area contributed by atoms with Crippen LogP contribution in [0.25, 0.3) is 27.3 Å². The van der Waals surface area contributed by atoms with Crippen molar-refractivity contribution in [3.63, 3.8) is 0 Å². The highest BCUT2D eigenvalue weighted by molar-refractivity contribution is 6.13.